The van der Waals surface area contributed by atoms with E-state index in [0.717, 1.165) is 37.3 Å². The first-order valence-electron chi connectivity index (χ1n) is 8.52. The van der Waals surface area contributed by atoms with Gasteiger partial charge in [0.1, 0.15) is 5.75 Å². The van der Waals surface area contributed by atoms with Crippen molar-refractivity contribution in [1.82, 2.24) is 0 Å². The van der Waals surface area contributed by atoms with Crippen LogP contribution in [-0.4, -0.2) is 13.0 Å². The molecule has 2 aromatic rings. The summed E-state index contributed by atoms with van der Waals surface area (Å²) in [4.78, 5) is 0. The lowest BCUT2D eigenvalue weighted by Crippen LogP contribution is -2.05. The van der Waals surface area contributed by atoms with E-state index < -0.39 is 0 Å². The van der Waals surface area contributed by atoms with Crippen molar-refractivity contribution in [1.29, 1.82) is 0 Å². The van der Waals surface area contributed by atoms with Gasteiger partial charge < -0.3 is 4.74 Å². The predicted molar refractivity (Wildman–Crippen MR) is 103 cm³/mol. The summed E-state index contributed by atoms with van der Waals surface area (Å²) in [7, 11) is 1.70. The summed E-state index contributed by atoms with van der Waals surface area (Å²) in [6, 6.07) is 17.1. The molecule has 0 aromatic heterocycles. The van der Waals surface area contributed by atoms with Gasteiger partial charge in [0, 0.05) is 5.88 Å². The smallest absolute Gasteiger partial charge is 0.118 e. The third kappa shape index (κ3) is 3.73. The van der Waals surface area contributed by atoms with Gasteiger partial charge in [0.15, 0.2) is 0 Å². The summed E-state index contributed by atoms with van der Waals surface area (Å²) in [5.74, 6) is 1.61. The lowest BCUT2D eigenvalue weighted by Gasteiger charge is -2.22. The van der Waals surface area contributed by atoms with Crippen molar-refractivity contribution in [3.8, 4) is 5.75 Å². The van der Waals surface area contributed by atoms with E-state index in [-0.39, 0.29) is 0 Å². The maximum Gasteiger partial charge on any atom is 0.118 e. The van der Waals surface area contributed by atoms with E-state index in [1.165, 1.54) is 27.8 Å². The standard InChI is InChI=1S/C22H23ClO/c1-24-20-14-12-19(13-15-20)22-18(8-3-2-6-16-23)11-10-17-7-4-5-9-21(17)22/h3-5,7-9,12-15H,2,6,10-11,16H2,1H3/b8-3+. The number of unbranched alkanes of at least 4 members (excludes halogenated alkanes) is 1. The van der Waals surface area contributed by atoms with Gasteiger partial charge in [0.05, 0.1) is 7.11 Å². The Kier molecular flexibility index (Phi) is 5.77. The fraction of sp³-hybridized carbons (Fsp3) is 0.273. The summed E-state index contributed by atoms with van der Waals surface area (Å²) < 4.78 is 5.30. The predicted octanol–water partition coefficient (Wildman–Crippen LogP) is 6.02. The first-order chi connectivity index (χ1) is 11.8. The van der Waals surface area contributed by atoms with E-state index in [4.69, 9.17) is 16.3 Å². The molecule has 0 atom stereocenters. The minimum Gasteiger partial charge on any atom is -0.497 e. The molecule has 124 valence electrons. The summed E-state index contributed by atoms with van der Waals surface area (Å²) in [5, 5.41) is 0. The molecule has 0 bridgehead atoms. The van der Waals surface area contributed by atoms with Gasteiger partial charge in [-0.05, 0) is 65.7 Å². The van der Waals surface area contributed by atoms with Gasteiger partial charge in [-0.25, -0.2) is 0 Å². The van der Waals surface area contributed by atoms with Gasteiger partial charge in [-0.15, -0.1) is 11.6 Å². The van der Waals surface area contributed by atoms with Crippen molar-refractivity contribution in [2.24, 2.45) is 0 Å². The number of benzene rings is 2. The number of methoxy groups -OCH3 is 1. The molecule has 0 unspecified atom stereocenters. The van der Waals surface area contributed by atoms with Crippen molar-refractivity contribution >= 4 is 17.2 Å². The molecular formula is C22H23ClO. The minimum atomic E-state index is 0.720. The van der Waals surface area contributed by atoms with Crippen LogP contribution in [0.25, 0.3) is 5.57 Å². The Morgan fingerprint density at radius 1 is 1.04 bits per heavy atom. The van der Waals surface area contributed by atoms with E-state index in [0.29, 0.717) is 0 Å². The second-order valence-electron chi connectivity index (χ2n) is 6.02. The molecule has 0 fully saturated rings. The quantitative estimate of drug-likeness (QED) is 0.462. The molecule has 2 aromatic carbocycles. The average molecular weight is 339 g/mol. The molecule has 0 N–H and O–H groups in total. The summed E-state index contributed by atoms with van der Waals surface area (Å²) >= 11 is 5.79. The SMILES string of the molecule is COc1ccc(C2=C(/C=C/CCCCl)CCc3ccccc32)cc1. The number of rotatable bonds is 6. The molecular weight excluding hydrogens is 316 g/mol. The Labute approximate surface area is 149 Å². The third-order valence-electron chi connectivity index (χ3n) is 4.47. The summed E-state index contributed by atoms with van der Waals surface area (Å²) in [5.41, 5.74) is 6.79. The van der Waals surface area contributed by atoms with E-state index in [9.17, 15) is 0 Å². The van der Waals surface area contributed by atoms with Crippen LogP contribution in [0.15, 0.2) is 66.3 Å². The fourth-order valence-corrected chi connectivity index (χ4v) is 3.39. The Bertz CT molecular complexity index is 741. The van der Waals surface area contributed by atoms with E-state index in [2.05, 4.69) is 48.6 Å². The van der Waals surface area contributed by atoms with Gasteiger partial charge in [-0.3, -0.25) is 0 Å². The second kappa shape index (κ2) is 8.21. The van der Waals surface area contributed by atoms with Crippen LogP contribution >= 0.6 is 11.6 Å². The Balaban J connectivity index is 2.03. The van der Waals surface area contributed by atoms with Gasteiger partial charge in [0.2, 0.25) is 0 Å². The van der Waals surface area contributed by atoms with Gasteiger partial charge in [0.25, 0.3) is 0 Å². The number of halogens is 1. The largest absolute Gasteiger partial charge is 0.497 e. The molecule has 0 saturated carbocycles. The number of ether oxygens (including phenoxy) is 1. The Morgan fingerprint density at radius 2 is 1.83 bits per heavy atom. The highest BCUT2D eigenvalue weighted by Crippen LogP contribution is 2.37. The molecule has 1 aliphatic carbocycles. The van der Waals surface area contributed by atoms with Crippen molar-refractivity contribution in [2.45, 2.75) is 25.7 Å². The monoisotopic (exact) mass is 338 g/mol. The number of allylic oxidation sites excluding steroid dienone is 3. The van der Waals surface area contributed by atoms with Crippen LogP contribution in [0, 0.1) is 0 Å². The molecule has 0 radical (unpaired) electrons. The molecule has 2 heteroatoms. The van der Waals surface area contributed by atoms with Gasteiger partial charge in [-0.2, -0.15) is 0 Å². The van der Waals surface area contributed by atoms with Crippen molar-refractivity contribution < 1.29 is 4.74 Å². The summed E-state index contributed by atoms with van der Waals surface area (Å²) in [6.45, 7) is 0. The van der Waals surface area contributed by atoms with Crippen LogP contribution in [-0.2, 0) is 6.42 Å². The molecule has 1 nitrogen and oxygen atoms in total. The molecule has 0 aliphatic heterocycles. The third-order valence-corrected chi connectivity index (χ3v) is 4.74. The van der Waals surface area contributed by atoms with Crippen LogP contribution in [0.5, 0.6) is 5.75 Å². The van der Waals surface area contributed by atoms with E-state index in [1.54, 1.807) is 7.11 Å². The lowest BCUT2D eigenvalue weighted by molar-refractivity contribution is 0.415. The lowest BCUT2D eigenvalue weighted by atomic mass is 9.82. The molecule has 3 rings (SSSR count). The highest BCUT2D eigenvalue weighted by atomic mass is 35.5. The van der Waals surface area contributed by atoms with Crippen molar-refractivity contribution in [3.63, 3.8) is 0 Å². The number of alkyl halides is 1. The topological polar surface area (TPSA) is 9.23 Å². The Morgan fingerprint density at radius 3 is 2.58 bits per heavy atom. The van der Waals surface area contributed by atoms with Crippen molar-refractivity contribution in [2.75, 3.05) is 13.0 Å². The highest BCUT2D eigenvalue weighted by Gasteiger charge is 2.18. The first kappa shape index (κ1) is 16.9. The van der Waals surface area contributed by atoms with Gasteiger partial charge >= 0.3 is 0 Å². The molecule has 1 aliphatic rings. The zero-order valence-corrected chi connectivity index (χ0v) is 14.9. The summed E-state index contributed by atoms with van der Waals surface area (Å²) in [6.07, 6.45) is 8.79. The normalized spacial score (nSPS) is 14.1. The fourth-order valence-electron chi connectivity index (χ4n) is 3.24. The number of hydrogen-bond donors (Lipinski definition) is 0. The molecule has 0 heterocycles. The average Bonchev–Trinajstić information content (AvgIpc) is 2.65. The molecule has 24 heavy (non-hydrogen) atoms. The van der Waals surface area contributed by atoms with Crippen LogP contribution in [0.4, 0.5) is 0 Å². The molecule has 0 saturated heterocycles. The zero-order chi connectivity index (χ0) is 16.8. The zero-order valence-electron chi connectivity index (χ0n) is 14.1. The first-order valence-corrected chi connectivity index (χ1v) is 9.05. The molecule has 0 amide bonds. The van der Waals surface area contributed by atoms with Crippen molar-refractivity contribution in [3.05, 3.63) is 82.9 Å². The van der Waals surface area contributed by atoms with E-state index >= 15 is 0 Å². The minimum absolute atomic E-state index is 0.720. The number of aryl methyl sites for hydroxylation is 1. The maximum absolute atomic E-state index is 5.79. The van der Waals surface area contributed by atoms with Crippen LogP contribution in [0.2, 0.25) is 0 Å². The van der Waals surface area contributed by atoms with Gasteiger partial charge in [-0.1, -0.05) is 48.6 Å². The highest BCUT2D eigenvalue weighted by molar-refractivity contribution is 6.17. The van der Waals surface area contributed by atoms with Crippen LogP contribution in [0.1, 0.15) is 36.0 Å². The maximum atomic E-state index is 5.79. The molecule has 0 spiro atoms. The second-order valence-corrected chi connectivity index (χ2v) is 6.40. The number of fused-ring (bicyclic) bond motifs is 1. The van der Waals surface area contributed by atoms with Crippen LogP contribution < -0.4 is 4.74 Å². The number of hydrogen-bond acceptors (Lipinski definition) is 1. The van der Waals surface area contributed by atoms with E-state index in [1.807, 2.05) is 12.1 Å². The Hall–Kier alpha value is -1.99. The van der Waals surface area contributed by atoms with Crippen LogP contribution in [0.3, 0.4) is 0 Å².